The topological polar surface area (TPSA) is 60.5 Å². The molecule has 0 radical (unpaired) electrons. The molecule has 0 saturated carbocycles. The number of carbonyl (C=O) groups excluding carboxylic acids is 1. The Bertz CT molecular complexity index is 416. The summed E-state index contributed by atoms with van der Waals surface area (Å²) < 4.78 is 10.8. The molecular formula is C14H22N2O3S. The van der Waals surface area contributed by atoms with Crippen molar-refractivity contribution in [1.29, 1.82) is 0 Å². The fraction of sp³-hybridized carbons (Fsp3) is 0.714. The molecule has 112 valence electrons. The second kappa shape index (κ2) is 8.34. The van der Waals surface area contributed by atoms with E-state index in [1.54, 1.807) is 11.3 Å². The van der Waals surface area contributed by atoms with Crippen LogP contribution in [0.4, 0.5) is 0 Å². The molecule has 5 nitrogen and oxygen atoms in total. The third-order valence-corrected chi connectivity index (χ3v) is 4.05. The Kier molecular flexibility index (Phi) is 6.42. The van der Waals surface area contributed by atoms with Gasteiger partial charge in [-0.25, -0.2) is 4.98 Å². The van der Waals surface area contributed by atoms with E-state index in [0.717, 1.165) is 43.0 Å². The number of thiazole rings is 1. The van der Waals surface area contributed by atoms with Crippen LogP contribution in [0.25, 0.3) is 0 Å². The molecular weight excluding hydrogens is 276 g/mol. The van der Waals surface area contributed by atoms with Crippen LogP contribution < -0.4 is 5.32 Å². The van der Waals surface area contributed by atoms with Crippen molar-refractivity contribution in [3.05, 3.63) is 16.1 Å². The second-order valence-corrected chi connectivity index (χ2v) is 5.85. The Morgan fingerprint density at radius 3 is 3.30 bits per heavy atom. The van der Waals surface area contributed by atoms with Crippen molar-refractivity contribution >= 4 is 17.2 Å². The fourth-order valence-corrected chi connectivity index (χ4v) is 2.96. The lowest BCUT2D eigenvalue weighted by Crippen LogP contribution is -2.28. The molecule has 2 heterocycles. The van der Waals surface area contributed by atoms with Crippen LogP contribution in [0.1, 0.15) is 36.9 Å². The lowest BCUT2D eigenvalue weighted by atomic mass is 10.2. The molecule has 0 aromatic carbocycles. The van der Waals surface area contributed by atoms with E-state index in [1.807, 2.05) is 5.38 Å². The molecule has 0 spiro atoms. The fourth-order valence-electron chi connectivity index (χ4n) is 2.06. The van der Waals surface area contributed by atoms with Crippen LogP contribution in [0.2, 0.25) is 0 Å². The highest BCUT2D eigenvalue weighted by Gasteiger charge is 2.15. The third kappa shape index (κ3) is 5.19. The first-order chi connectivity index (χ1) is 9.78. The number of amides is 1. The minimum absolute atomic E-state index is 0.0891. The minimum atomic E-state index is -0.104. The molecule has 20 heavy (non-hydrogen) atoms. The van der Waals surface area contributed by atoms with E-state index in [0.29, 0.717) is 13.2 Å². The Morgan fingerprint density at radius 1 is 1.65 bits per heavy atom. The summed E-state index contributed by atoms with van der Waals surface area (Å²) in [6.45, 7) is 4.01. The first-order valence-corrected chi connectivity index (χ1v) is 8.05. The van der Waals surface area contributed by atoms with Crippen molar-refractivity contribution in [3.63, 3.8) is 0 Å². The van der Waals surface area contributed by atoms with E-state index in [1.165, 1.54) is 0 Å². The van der Waals surface area contributed by atoms with Gasteiger partial charge >= 0.3 is 0 Å². The van der Waals surface area contributed by atoms with E-state index in [4.69, 9.17) is 9.47 Å². The van der Waals surface area contributed by atoms with Gasteiger partial charge < -0.3 is 14.8 Å². The zero-order valence-electron chi connectivity index (χ0n) is 11.9. The van der Waals surface area contributed by atoms with Gasteiger partial charge in [0.25, 0.3) is 0 Å². The maximum absolute atomic E-state index is 11.6. The highest BCUT2D eigenvalue weighted by Crippen LogP contribution is 2.12. The van der Waals surface area contributed by atoms with Crippen molar-refractivity contribution in [2.24, 2.45) is 0 Å². The summed E-state index contributed by atoms with van der Waals surface area (Å²) in [6.07, 6.45) is 4.38. The molecule has 1 fully saturated rings. The summed E-state index contributed by atoms with van der Waals surface area (Å²) in [4.78, 5) is 16.1. The SMILES string of the molecule is CCCc1nc(CNC(=O)COC[C@@H]2CCCO2)cs1. The first-order valence-electron chi connectivity index (χ1n) is 7.17. The molecule has 1 aliphatic rings. The summed E-state index contributed by atoms with van der Waals surface area (Å²) in [5.41, 5.74) is 0.922. The number of aromatic nitrogens is 1. The van der Waals surface area contributed by atoms with Crippen molar-refractivity contribution in [3.8, 4) is 0 Å². The van der Waals surface area contributed by atoms with Crippen LogP contribution in [-0.2, 0) is 27.2 Å². The Morgan fingerprint density at radius 2 is 2.55 bits per heavy atom. The number of ether oxygens (including phenoxy) is 2. The van der Waals surface area contributed by atoms with Crippen LogP contribution in [-0.4, -0.2) is 36.8 Å². The van der Waals surface area contributed by atoms with Crippen LogP contribution in [0.15, 0.2) is 5.38 Å². The summed E-state index contributed by atoms with van der Waals surface area (Å²) >= 11 is 1.65. The number of nitrogens with zero attached hydrogens (tertiary/aromatic N) is 1. The first kappa shape index (κ1) is 15.4. The molecule has 1 aliphatic heterocycles. The number of aryl methyl sites for hydroxylation is 1. The van der Waals surface area contributed by atoms with Gasteiger partial charge in [-0.1, -0.05) is 6.92 Å². The normalized spacial score (nSPS) is 18.4. The maximum Gasteiger partial charge on any atom is 0.246 e. The molecule has 1 N–H and O–H groups in total. The smallest absolute Gasteiger partial charge is 0.246 e. The van der Waals surface area contributed by atoms with Gasteiger partial charge in [0.15, 0.2) is 0 Å². The molecule has 0 unspecified atom stereocenters. The van der Waals surface area contributed by atoms with Gasteiger partial charge in [0.2, 0.25) is 5.91 Å². The summed E-state index contributed by atoms with van der Waals surface area (Å²) in [7, 11) is 0. The van der Waals surface area contributed by atoms with Gasteiger partial charge in [0.1, 0.15) is 6.61 Å². The highest BCUT2D eigenvalue weighted by atomic mass is 32.1. The van der Waals surface area contributed by atoms with Gasteiger partial charge in [0.05, 0.1) is 30.0 Å². The maximum atomic E-state index is 11.6. The van der Waals surface area contributed by atoms with Crippen LogP contribution in [0.3, 0.4) is 0 Å². The molecule has 0 aliphatic carbocycles. The Labute approximate surface area is 123 Å². The summed E-state index contributed by atoms with van der Waals surface area (Å²) in [5.74, 6) is -0.104. The average molecular weight is 298 g/mol. The molecule has 0 bridgehead atoms. The van der Waals surface area contributed by atoms with Gasteiger partial charge in [0, 0.05) is 12.0 Å². The predicted molar refractivity (Wildman–Crippen MR) is 77.7 cm³/mol. The zero-order chi connectivity index (χ0) is 14.2. The van der Waals surface area contributed by atoms with E-state index in [9.17, 15) is 4.79 Å². The minimum Gasteiger partial charge on any atom is -0.376 e. The molecule has 1 aromatic rings. The summed E-state index contributed by atoms with van der Waals surface area (Å²) in [5, 5.41) is 5.95. The highest BCUT2D eigenvalue weighted by molar-refractivity contribution is 7.09. The predicted octanol–water partition coefficient (Wildman–Crippen LogP) is 1.91. The lowest BCUT2D eigenvalue weighted by molar-refractivity contribution is -0.127. The molecule has 1 atom stereocenters. The van der Waals surface area contributed by atoms with Gasteiger partial charge in [-0.3, -0.25) is 4.79 Å². The Balaban J connectivity index is 1.58. The quantitative estimate of drug-likeness (QED) is 0.796. The zero-order valence-corrected chi connectivity index (χ0v) is 12.7. The average Bonchev–Trinajstić information content (AvgIpc) is 3.08. The number of hydrogen-bond acceptors (Lipinski definition) is 5. The summed E-state index contributed by atoms with van der Waals surface area (Å²) in [6, 6.07) is 0. The molecule has 1 saturated heterocycles. The van der Waals surface area contributed by atoms with Crippen LogP contribution >= 0.6 is 11.3 Å². The molecule has 2 rings (SSSR count). The number of carbonyl (C=O) groups is 1. The number of nitrogens with one attached hydrogen (secondary N) is 1. The Hall–Kier alpha value is -0.980. The number of rotatable bonds is 8. The van der Waals surface area contributed by atoms with Crippen LogP contribution in [0, 0.1) is 0 Å². The van der Waals surface area contributed by atoms with Crippen LogP contribution in [0.5, 0.6) is 0 Å². The molecule has 1 amide bonds. The monoisotopic (exact) mass is 298 g/mol. The van der Waals surface area contributed by atoms with Gasteiger partial charge in [-0.2, -0.15) is 0 Å². The number of hydrogen-bond donors (Lipinski definition) is 1. The second-order valence-electron chi connectivity index (χ2n) is 4.91. The van der Waals surface area contributed by atoms with Crippen molar-refractivity contribution in [2.75, 3.05) is 19.8 Å². The van der Waals surface area contributed by atoms with E-state index >= 15 is 0 Å². The standard InChI is InChI=1S/C14H22N2O3S/c1-2-4-14-16-11(10-20-14)7-15-13(17)9-18-8-12-5-3-6-19-12/h10,12H,2-9H2,1H3,(H,15,17)/t12-/m0/s1. The van der Waals surface area contributed by atoms with E-state index in [-0.39, 0.29) is 18.6 Å². The lowest BCUT2D eigenvalue weighted by Gasteiger charge is -2.09. The van der Waals surface area contributed by atoms with Crippen molar-refractivity contribution in [1.82, 2.24) is 10.3 Å². The van der Waals surface area contributed by atoms with Gasteiger partial charge in [-0.15, -0.1) is 11.3 Å². The van der Waals surface area contributed by atoms with E-state index in [2.05, 4.69) is 17.2 Å². The van der Waals surface area contributed by atoms with Crippen molar-refractivity contribution < 1.29 is 14.3 Å². The molecule has 1 aromatic heterocycles. The third-order valence-electron chi connectivity index (χ3n) is 3.09. The largest absolute Gasteiger partial charge is 0.376 e. The van der Waals surface area contributed by atoms with E-state index < -0.39 is 0 Å². The van der Waals surface area contributed by atoms with Gasteiger partial charge in [-0.05, 0) is 25.7 Å². The molecule has 6 heteroatoms. The van der Waals surface area contributed by atoms with Crippen molar-refractivity contribution in [2.45, 2.75) is 45.3 Å².